The van der Waals surface area contributed by atoms with Crippen molar-refractivity contribution in [3.63, 3.8) is 0 Å². The fourth-order valence-electron chi connectivity index (χ4n) is 1.35. The van der Waals surface area contributed by atoms with Crippen LogP contribution in [0.25, 0.3) is 11.4 Å². The molecule has 0 saturated carbocycles. The van der Waals surface area contributed by atoms with Gasteiger partial charge in [0.05, 0.1) is 12.8 Å². The molecule has 2 aromatic rings. The van der Waals surface area contributed by atoms with Crippen molar-refractivity contribution in [2.45, 2.75) is 0 Å². The molecule has 1 aromatic carbocycles. The molecule has 1 aromatic heterocycles. The van der Waals surface area contributed by atoms with E-state index in [9.17, 15) is 0 Å². The summed E-state index contributed by atoms with van der Waals surface area (Å²) < 4.78 is 6.72. The highest BCUT2D eigenvalue weighted by Gasteiger charge is 2.05. The summed E-state index contributed by atoms with van der Waals surface area (Å²) in [6.07, 6.45) is 1.65. The van der Waals surface area contributed by atoms with Gasteiger partial charge in [0.2, 0.25) is 0 Å². The van der Waals surface area contributed by atoms with Crippen LogP contribution in [0.2, 0.25) is 0 Å². The molecule has 0 saturated heterocycles. The minimum atomic E-state index is 0.586. The summed E-state index contributed by atoms with van der Waals surface area (Å²) in [5.74, 6) is 1.32. The Bertz CT molecular complexity index is 478. The molecular weight excluding hydrogens is 192 g/mol. The third-order valence-corrected chi connectivity index (χ3v) is 2.09. The lowest BCUT2D eigenvalue weighted by molar-refractivity contribution is 0.417. The standard InChI is InChI=1S/C10H12N4O/c1-14-6-12-10(13-14)7-3-4-9(15-2)8(11)5-7/h3-6H,11H2,1-2H3. The molecule has 2 N–H and O–H groups in total. The van der Waals surface area contributed by atoms with Gasteiger partial charge >= 0.3 is 0 Å². The van der Waals surface area contributed by atoms with Crippen molar-refractivity contribution >= 4 is 5.69 Å². The van der Waals surface area contributed by atoms with Crippen LogP contribution >= 0.6 is 0 Å². The smallest absolute Gasteiger partial charge is 0.181 e. The van der Waals surface area contributed by atoms with E-state index in [0.29, 0.717) is 17.3 Å². The van der Waals surface area contributed by atoms with Crippen molar-refractivity contribution in [2.75, 3.05) is 12.8 Å². The van der Waals surface area contributed by atoms with E-state index in [1.54, 1.807) is 30.3 Å². The van der Waals surface area contributed by atoms with Gasteiger partial charge in [-0.1, -0.05) is 0 Å². The molecule has 0 aliphatic rings. The normalized spacial score (nSPS) is 10.3. The summed E-state index contributed by atoms with van der Waals surface area (Å²) in [6.45, 7) is 0. The third-order valence-electron chi connectivity index (χ3n) is 2.09. The predicted octanol–water partition coefficient (Wildman–Crippen LogP) is 1.07. The van der Waals surface area contributed by atoms with Crippen LogP contribution in [-0.4, -0.2) is 21.9 Å². The van der Waals surface area contributed by atoms with Gasteiger partial charge in [0.25, 0.3) is 0 Å². The molecule has 0 fully saturated rings. The van der Waals surface area contributed by atoms with Crippen molar-refractivity contribution in [1.29, 1.82) is 0 Å². The van der Waals surface area contributed by atoms with E-state index in [1.165, 1.54) is 0 Å². The maximum absolute atomic E-state index is 5.79. The highest BCUT2D eigenvalue weighted by Crippen LogP contribution is 2.26. The maximum Gasteiger partial charge on any atom is 0.181 e. The molecule has 0 aliphatic heterocycles. The quantitative estimate of drug-likeness (QED) is 0.743. The third kappa shape index (κ3) is 1.76. The van der Waals surface area contributed by atoms with Crippen LogP contribution in [0.1, 0.15) is 0 Å². The van der Waals surface area contributed by atoms with E-state index in [-0.39, 0.29) is 0 Å². The van der Waals surface area contributed by atoms with Gasteiger partial charge in [-0.15, -0.1) is 0 Å². The summed E-state index contributed by atoms with van der Waals surface area (Å²) in [5, 5.41) is 4.19. The van der Waals surface area contributed by atoms with Gasteiger partial charge in [0.15, 0.2) is 5.82 Å². The van der Waals surface area contributed by atoms with Gasteiger partial charge in [0.1, 0.15) is 12.1 Å². The van der Waals surface area contributed by atoms with Gasteiger partial charge in [-0.2, -0.15) is 5.10 Å². The molecule has 0 aliphatic carbocycles. The summed E-state index contributed by atoms with van der Waals surface area (Å²) in [4.78, 5) is 4.14. The number of ether oxygens (including phenoxy) is 1. The summed E-state index contributed by atoms with van der Waals surface area (Å²) in [6, 6.07) is 5.49. The zero-order chi connectivity index (χ0) is 10.8. The molecule has 0 unspecified atom stereocenters. The van der Waals surface area contributed by atoms with E-state index < -0.39 is 0 Å². The fourth-order valence-corrected chi connectivity index (χ4v) is 1.35. The molecule has 2 rings (SSSR count). The average molecular weight is 204 g/mol. The number of rotatable bonds is 2. The minimum Gasteiger partial charge on any atom is -0.495 e. The summed E-state index contributed by atoms with van der Waals surface area (Å²) >= 11 is 0. The lowest BCUT2D eigenvalue weighted by atomic mass is 10.2. The summed E-state index contributed by atoms with van der Waals surface area (Å²) in [5.41, 5.74) is 7.26. The second-order valence-corrected chi connectivity index (χ2v) is 3.20. The van der Waals surface area contributed by atoms with Crippen LogP contribution in [0.5, 0.6) is 5.75 Å². The minimum absolute atomic E-state index is 0.586. The molecule has 5 heteroatoms. The number of aromatic nitrogens is 3. The number of methoxy groups -OCH3 is 1. The lowest BCUT2D eigenvalue weighted by Crippen LogP contribution is -1.93. The first-order valence-corrected chi connectivity index (χ1v) is 4.50. The Labute approximate surface area is 87.5 Å². The number of nitrogen functional groups attached to an aromatic ring is 1. The Balaban J connectivity index is 2.42. The Kier molecular flexibility index (Phi) is 2.29. The highest BCUT2D eigenvalue weighted by atomic mass is 16.5. The molecule has 0 amide bonds. The molecular formula is C10H12N4O. The molecule has 1 heterocycles. The topological polar surface area (TPSA) is 66.0 Å². The van der Waals surface area contributed by atoms with Crippen molar-refractivity contribution in [2.24, 2.45) is 7.05 Å². The fraction of sp³-hybridized carbons (Fsp3) is 0.200. The number of hydrogen-bond acceptors (Lipinski definition) is 4. The van der Waals surface area contributed by atoms with E-state index in [1.807, 2.05) is 13.1 Å². The van der Waals surface area contributed by atoms with Crippen LogP contribution in [-0.2, 0) is 7.05 Å². The number of aryl methyl sites for hydroxylation is 1. The van der Waals surface area contributed by atoms with Crippen LogP contribution < -0.4 is 10.5 Å². The van der Waals surface area contributed by atoms with Crippen LogP contribution in [0.3, 0.4) is 0 Å². The molecule has 0 atom stereocenters. The second-order valence-electron chi connectivity index (χ2n) is 3.20. The Morgan fingerprint density at radius 3 is 2.73 bits per heavy atom. The maximum atomic E-state index is 5.79. The Morgan fingerprint density at radius 2 is 2.20 bits per heavy atom. The predicted molar refractivity (Wildman–Crippen MR) is 57.4 cm³/mol. The monoisotopic (exact) mass is 204 g/mol. The first kappa shape index (κ1) is 9.51. The first-order chi connectivity index (χ1) is 7.20. The van der Waals surface area contributed by atoms with Gasteiger partial charge in [0, 0.05) is 12.6 Å². The lowest BCUT2D eigenvalue weighted by Gasteiger charge is -2.04. The number of hydrogen-bond donors (Lipinski definition) is 1. The molecule has 15 heavy (non-hydrogen) atoms. The van der Waals surface area contributed by atoms with Gasteiger partial charge in [-0.05, 0) is 18.2 Å². The van der Waals surface area contributed by atoms with E-state index >= 15 is 0 Å². The zero-order valence-corrected chi connectivity index (χ0v) is 8.64. The first-order valence-electron chi connectivity index (χ1n) is 4.50. The van der Waals surface area contributed by atoms with Crippen molar-refractivity contribution in [3.05, 3.63) is 24.5 Å². The number of nitrogens with zero attached hydrogens (tertiary/aromatic N) is 3. The average Bonchev–Trinajstić information content (AvgIpc) is 2.65. The molecule has 0 radical (unpaired) electrons. The Hall–Kier alpha value is -2.04. The summed E-state index contributed by atoms with van der Waals surface area (Å²) in [7, 11) is 3.41. The van der Waals surface area contributed by atoms with Crippen LogP contribution in [0, 0.1) is 0 Å². The van der Waals surface area contributed by atoms with Crippen molar-refractivity contribution in [1.82, 2.24) is 14.8 Å². The van der Waals surface area contributed by atoms with E-state index in [2.05, 4.69) is 10.1 Å². The number of benzene rings is 1. The SMILES string of the molecule is COc1ccc(-c2ncn(C)n2)cc1N. The molecule has 78 valence electrons. The Morgan fingerprint density at radius 1 is 1.40 bits per heavy atom. The second kappa shape index (κ2) is 3.61. The van der Waals surface area contributed by atoms with Crippen LogP contribution in [0.4, 0.5) is 5.69 Å². The molecule has 0 spiro atoms. The number of nitrogens with two attached hydrogens (primary N) is 1. The molecule has 0 bridgehead atoms. The highest BCUT2D eigenvalue weighted by molar-refractivity contribution is 5.65. The number of anilines is 1. The van der Waals surface area contributed by atoms with Gasteiger partial charge < -0.3 is 10.5 Å². The van der Waals surface area contributed by atoms with Gasteiger partial charge in [-0.25, -0.2) is 4.98 Å². The van der Waals surface area contributed by atoms with E-state index in [0.717, 1.165) is 5.56 Å². The van der Waals surface area contributed by atoms with E-state index in [4.69, 9.17) is 10.5 Å². The largest absolute Gasteiger partial charge is 0.495 e. The molecule has 5 nitrogen and oxygen atoms in total. The van der Waals surface area contributed by atoms with Crippen LogP contribution in [0.15, 0.2) is 24.5 Å². The van der Waals surface area contributed by atoms with Crippen molar-refractivity contribution in [3.8, 4) is 17.1 Å². The zero-order valence-electron chi connectivity index (χ0n) is 8.64. The van der Waals surface area contributed by atoms with Crippen molar-refractivity contribution < 1.29 is 4.74 Å². The van der Waals surface area contributed by atoms with Gasteiger partial charge in [-0.3, -0.25) is 4.68 Å².